The van der Waals surface area contributed by atoms with Gasteiger partial charge in [-0.15, -0.1) is 0 Å². The molecule has 1 fully saturated rings. The fraction of sp³-hybridized carbons (Fsp3) is 0.438. The molecule has 0 aliphatic carbocycles. The summed E-state index contributed by atoms with van der Waals surface area (Å²) in [6.45, 7) is 0.799. The number of carbonyl (C=O) groups is 1. The summed E-state index contributed by atoms with van der Waals surface area (Å²) in [5, 5.41) is 1.07. The van der Waals surface area contributed by atoms with Crippen LogP contribution in [0, 0.1) is 0 Å². The highest BCUT2D eigenvalue weighted by molar-refractivity contribution is 9.10. The summed E-state index contributed by atoms with van der Waals surface area (Å²) in [4.78, 5) is 11.6. The highest BCUT2D eigenvalue weighted by atomic mass is 79.9. The SMILES string of the molecule is COC(=O)Cc1cn(C2CCCCO2)c2ccc(Br)cc12. The van der Waals surface area contributed by atoms with Gasteiger partial charge in [0.25, 0.3) is 0 Å². The number of aromatic nitrogens is 1. The van der Waals surface area contributed by atoms with E-state index in [1.54, 1.807) is 0 Å². The zero-order valence-electron chi connectivity index (χ0n) is 12.0. The first-order valence-corrected chi connectivity index (χ1v) is 7.95. The van der Waals surface area contributed by atoms with Gasteiger partial charge < -0.3 is 14.0 Å². The fourth-order valence-corrected chi connectivity index (χ4v) is 3.21. The van der Waals surface area contributed by atoms with Crippen LogP contribution in [0.5, 0.6) is 0 Å². The van der Waals surface area contributed by atoms with Gasteiger partial charge in [0.1, 0.15) is 6.23 Å². The molecule has 0 saturated carbocycles. The number of nitrogens with zero attached hydrogens (tertiary/aromatic N) is 1. The van der Waals surface area contributed by atoms with E-state index in [4.69, 9.17) is 9.47 Å². The largest absolute Gasteiger partial charge is 0.469 e. The topological polar surface area (TPSA) is 40.5 Å². The van der Waals surface area contributed by atoms with Gasteiger partial charge in [0, 0.05) is 22.7 Å². The molecule has 1 aromatic heterocycles. The molecule has 0 bridgehead atoms. The minimum Gasteiger partial charge on any atom is -0.469 e. The molecule has 1 saturated heterocycles. The third-order valence-electron chi connectivity index (χ3n) is 3.91. The van der Waals surface area contributed by atoms with Crippen LogP contribution in [0.25, 0.3) is 10.9 Å². The zero-order valence-corrected chi connectivity index (χ0v) is 13.6. The monoisotopic (exact) mass is 351 g/mol. The molecule has 5 heteroatoms. The number of fused-ring (bicyclic) bond motifs is 1. The van der Waals surface area contributed by atoms with Crippen LogP contribution in [0.3, 0.4) is 0 Å². The number of carbonyl (C=O) groups excluding carboxylic acids is 1. The number of esters is 1. The molecule has 1 aliphatic heterocycles. The summed E-state index contributed by atoms with van der Waals surface area (Å²) < 4.78 is 13.8. The molecule has 0 spiro atoms. The van der Waals surface area contributed by atoms with Crippen LogP contribution in [0.4, 0.5) is 0 Å². The zero-order chi connectivity index (χ0) is 14.8. The standard InChI is InChI=1S/C16H18BrNO3/c1-20-16(19)8-11-10-18(15-4-2-3-7-21-15)14-6-5-12(17)9-13(11)14/h5-6,9-10,15H,2-4,7-8H2,1H3. The van der Waals surface area contributed by atoms with Crippen LogP contribution in [0.1, 0.15) is 31.1 Å². The molecule has 2 heterocycles. The predicted octanol–water partition coefficient (Wildman–Crippen LogP) is 3.82. The summed E-state index contributed by atoms with van der Waals surface area (Å²) in [7, 11) is 1.42. The number of rotatable bonds is 3. The molecule has 0 radical (unpaired) electrons. The first kappa shape index (κ1) is 14.6. The molecular weight excluding hydrogens is 334 g/mol. The van der Waals surface area contributed by atoms with Crippen LogP contribution in [-0.4, -0.2) is 24.3 Å². The molecular formula is C16H18BrNO3. The van der Waals surface area contributed by atoms with E-state index in [1.807, 2.05) is 18.3 Å². The summed E-state index contributed by atoms with van der Waals surface area (Å²) in [5.74, 6) is -0.224. The minimum absolute atomic E-state index is 0.0637. The Kier molecular flexibility index (Phi) is 4.31. The number of halogens is 1. The smallest absolute Gasteiger partial charge is 0.310 e. The van der Waals surface area contributed by atoms with E-state index in [-0.39, 0.29) is 18.6 Å². The molecule has 112 valence electrons. The van der Waals surface area contributed by atoms with Crippen molar-refractivity contribution in [3.8, 4) is 0 Å². The van der Waals surface area contributed by atoms with E-state index in [2.05, 4.69) is 26.6 Å². The lowest BCUT2D eigenvalue weighted by atomic mass is 10.1. The maximum atomic E-state index is 11.6. The molecule has 1 aliphatic rings. The lowest BCUT2D eigenvalue weighted by molar-refractivity contribution is -0.139. The first-order chi connectivity index (χ1) is 10.2. The Morgan fingerprint density at radius 1 is 1.48 bits per heavy atom. The van der Waals surface area contributed by atoms with Crippen molar-refractivity contribution in [3.63, 3.8) is 0 Å². The third-order valence-corrected chi connectivity index (χ3v) is 4.40. The Bertz CT molecular complexity index is 659. The van der Waals surface area contributed by atoms with E-state index in [1.165, 1.54) is 13.5 Å². The lowest BCUT2D eigenvalue weighted by Gasteiger charge is -2.24. The van der Waals surface area contributed by atoms with Crippen molar-refractivity contribution in [2.45, 2.75) is 31.9 Å². The summed E-state index contributed by atoms with van der Waals surface area (Å²) in [5.41, 5.74) is 2.08. The van der Waals surface area contributed by atoms with Gasteiger partial charge in [-0.05, 0) is 43.0 Å². The molecule has 2 aromatic rings. The van der Waals surface area contributed by atoms with E-state index >= 15 is 0 Å². The highest BCUT2D eigenvalue weighted by Gasteiger charge is 2.20. The van der Waals surface area contributed by atoms with Crippen molar-refractivity contribution in [3.05, 3.63) is 34.4 Å². The summed E-state index contributed by atoms with van der Waals surface area (Å²) in [6, 6.07) is 6.13. The van der Waals surface area contributed by atoms with Crippen molar-refractivity contribution in [2.24, 2.45) is 0 Å². The van der Waals surface area contributed by atoms with Gasteiger partial charge in [-0.2, -0.15) is 0 Å². The van der Waals surface area contributed by atoms with Crippen LogP contribution >= 0.6 is 15.9 Å². The average molecular weight is 352 g/mol. The second-order valence-corrected chi connectivity index (χ2v) is 6.21. The van der Waals surface area contributed by atoms with Gasteiger partial charge in [-0.25, -0.2) is 0 Å². The quantitative estimate of drug-likeness (QED) is 0.789. The van der Waals surface area contributed by atoms with E-state index in [0.717, 1.165) is 40.4 Å². The normalized spacial score (nSPS) is 18.9. The molecule has 1 atom stereocenters. The molecule has 4 nitrogen and oxygen atoms in total. The maximum Gasteiger partial charge on any atom is 0.310 e. The van der Waals surface area contributed by atoms with Crippen molar-refractivity contribution in [1.29, 1.82) is 0 Å². The van der Waals surface area contributed by atoms with E-state index < -0.39 is 0 Å². The summed E-state index contributed by atoms with van der Waals surface area (Å²) in [6.07, 6.45) is 5.68. The van der Waals surface area contributed by atoms with Crippen molar-refractivity contribution in [1.82, 2.24) is 4.57 Å². The van der Waals surface area contributed by atoms with Crippen LogP contribution in [0.2, 0.25) is 0 Å². The van der Waals surface area contributed by atoms with E-state index in [9.17, 15) is 4.79 Å². The molecule has 1 unspecified atom stereocenters. The number of ether oxygens (including phenoxy) is 2. The lowest BCUT2D eigenvalue weighted by Crippen LogP contribution is -2.17. The Hall–Kier alpha value is -1.33. The number of hydrogen-bond donors (Lipinski definition) is 0. The highest BCUT2D eigenvalue weighted by Crippen LogP contribution is 2.32. The van der Waals surface area contributed by atoms with Crippen molar-refractivity contribution < 1.29 is 14.3 Å². The first-order valence-electron chi connectivity index (χ1n) is 7.16. The van der Waals surface area contributed by atoms with Crippen LogP contribution in [-0.2, 0) is 20.7 Å². The Morgan fingerprint density at radius 2 is 2.33 bits per heavy atom. The number of hydrogen-bond acceptors (Lipinski definition) is 3. The molecule has 3 rings (SSSR count). The van der Waals surface area contributed by atoms with Gasteiger partial charge in [0.05, 0.1) is 19.0 Å². The molecule has 21 heavy (non-hydrogen) atoms. The summed E-state index contributed by atoms with van der Waals surface area (Å²) >= 11 is 3.50. The number of methoxy groups -OCH3 is 1. The number of benzene rings is 1. The van der Waals surface area contributed by atoms with Gasteiger partial charge in [-0.1, -0.05) is 15.9 Å². The average Bonchev–Trinajstić information content (AvgIpc) is 2.86. The second-order valence-electron chi connectivity index (χ2n) is 5.30. The fourth-order valence-electron chi connectivity index (χ4n) is 2.85. The Labute approximate surface area is 132 Å². The van der Waals surface area contributed by atoms with Gasteiger partial charge >= 0.3 is 5.97 Å². The van der Waals surface area contributed by atoms with Crippen LogP contribution < -0.4 is 0 Å². The van der Waals surface area contributed by atoms with Gasteiger partial charge in [0.15, 0.2) is 0 Å². The third kappa shape index (κ3) is 2.99. The minimum atomic E-state index is -0.224. The Morgan fingerprint density at radius 3 is 3.05 bits per heavy atom. The maximum absolute atomic E-state index is 11.6. The van der Waals surface area contributed by atoms with Gasteiger partial charge in [0.2, 0.25) is 0 Å². The predicted molar refractivity (Wildman–Crippen MR) is 84.2 cm³/mol. The second kappa shape index (κ2) is 6.20. The van der Waals surface area contributed by atoms with E-state index in [0.29, 0.717) is 0 Å². The van der Waals surface area contributed by atoms with Crippen molar-refractivity contribution in [2.75, 3.05) is 13.7 Å². The molecule has 1 aromatic carbocycles. The van der Waals surface area contributed by atoms with Gasteiger partial charge in [-0.3, -0.25) is 4.79 Å². The van der Waals surface area contributed by atoms with Crippen LogP contribution in [0.15, 0.2) is 28.9 Å². The molecule has 0 amide bonds. The molecule has 0 N–H and O–H groups in total. The Balaban J connectivity index is 2.05. The van der Waals surface area contributed by atoms with Crippen molar-refractivity contribution >= 4 is 32.8 Å².